The van der Waals surface area contributed by atoms with Crippen molar-refractivity contribution in [3.05, 3.63) is 47.8 Å². The van der Waals surface area contributed by atoms with Crippen molar-refractivity contribution in [2.24, 2.45) is 7.05 Å². The molecule has 0 unspecified atom stereocenters. The summed E-state index contributed by atoms with van der Waals surface area (Å²) < 4.78 is 1.49. The Bertz CT molecular complexity index is 669. The standard InChI is InChI=1S/C16H19N5O/c1-20(12-14-8-4-3-5-9-14)11-7-6-10-17-16(22)15-13-21(2)19-18-15/h3-5,8-9,13H,10-12H2,1-2H3,(H,17,22). The molecule has 0 fully saturated rings. The van der Waals surface area contributed by atoms with Crippen molar-refractivity contribution in [2.45, 2.75) is 6.54 Å². The van der Waals surface area contributed by atoms with Gasteiger partial charge in [0.15, 0.2) is 5.69 Å². The number of hydrogen-bond donors (Lipinski definition) is 1. The predicted octanol–water partition coefficient (Wildman–Crippen LogP) is 0.680. The molecular formula is C16H19N5O. The highest BCUT2D eigenvalue weighted by atomic mass is 16.1. The first-order valence-corrected chi connectivity index (χ1v) is 6.98. The van der Waals surface area contributed by atoms with E-state index in [0.29, 0.717) is 18.8 Å². The lowest BCUT2D eigenvalue weighted by atomic mass is 10.2. The highest BCUT2D eigenvalue weighted by molar-refractivity contribution is 5.91. The van der Waals surface area contributed by atoms with Crippen LogP contribution in [0.3, 0.4) is 0 Å². The molecule has 0 saturated carbocycles. The van der Waals surface area contributed by atoms with Gasteiger partial charge in [0, 0.05) is 13.6 Å². The van der Waals surface area contributed by atoms with E-state index < -0.39 is 0 Å². The van der Waals surface area contributed by atoms with E-state index in [1.165, 1.54) is 10.2 Å². The molecule has 22 heavy (non-hydrogen) atoms. The molecule has 1 amide bonds. The third kappa shape index (κ3) is 5.04. The summed E-state index contributed by atoms with van der Waals surface area (Å²) in [4.78, 5) is 13.8. The zero-order valence-corrected chi connectivity index (χ0v) is 12.8. The average molecular weight is 297 g/mol. The maximum Gasteiger partial charge on any atom is 0.274 e. The van der Waals surface area contributed by atoms with Gasteiger partial charge in [-0.05, 0) is 12.6 Å². The van der Waals surface area contributed by atoms with Gasteiger partial charge >= 0.3 is 0 Å². The first kappa shape index (κ1) is 15.7. The second-order valence-corrected chi connectivity index (χ2v) is 4.97. The fourth-order valence-corrected chi connectivity index (χ4v) is 1.87. The number of nitrogens with zero attached hydrogens (tertiary/aromatic N) is 4. The van der Waals surface area contributed by atoms with Crippen LogP contribution in [0.15, 0.2) is 36.5 Å². The van der Waals surface area contributed by atoms with Crippen LogP contribution in [0.5, 0.6) is 0 Å². The molecule has 1 aromatic carbocycles. The Morgan fingerprint density at radius 1 is 1.32 bits per heavy atom. The van der Waals surface area contributed by atoms with Gasteiger partial charge in [-0.15, -0.1) is 5.10 Å². The van der Waals surface area contributed by atoms with Crippen LogP contribution in [0.25, 0.3) is 0 Å². The van der Waals surface area contributed by atoms with Gasteiger partial charge in [0.05, 0.1) is 19.3 Å². The van der Waals surface area contributed by atoms with E-state index in [1.54, 1.807) is 13.2 Å². The minimum atomic E-state index is -0.264. The first-order valence-electron chi connectivity index (χ1n) is 6.98. The van der Waals surface area contributed by atoms with Gasteiger partial charge in [-0.25, -0.2) is 0 Å². The summed E-state index contributed by atoms with van der Waals surface area (Å²) in [6.45, 7) is 1.80. The first-order chi connectivity index (χ1) is 10.6. The fraction of sp³-hybridized carbons (Fsp3) is 0.312. The Hall–Kier alpha value is -2.65. The monoisotopic (exact) mass is 297 g/mol. The van der Waals surface area contributed by atoms with Crippen LogP contribution in [0.1, 0.15) is 16.1 Å². The van der Waals surface area contributed by atoms with E-state index in [9.17, 15) is 4.79 Å². The van der Waals surface area contributed by atoms with E-state index in [4.69, 9.17) is 0 Å². The number of benzene rings is 1. The molecule has 0 aliphatic rings. The zero-order chi connectivity index (χ0) is 15.8. The Kier molecular flexibility index (Phi) is 5.69. The number of rotatable bonds is 5. The number of carbonyl (C=O) groups is 1. The number of nitrogens with one attached hydrogen (secondary N) is 1. The summed E-state index contributed by atoms with van der Waals surface area (Å²) in [6.07, 6.45) is 1.57. The van der Waals surface area contributed by atoms with Crippen LogP contribution >= 0.6 is 0 Å². The number of carbonyl (C=O) groups excluding carboxylic acids is 1. The van der Waals surface area contributed by atoms with Crippen molar-refractivity contribution in [3.63, 3.8) is 0 Å². The molecule has 1 aromatic heterocycles. The number of hydrogen-bond acceptors (Lipinski definition) is 4. The quantitative estimate of drug-likeness (QED) is 0.824. The van der Waals surface area contributed by atoms with Crippen molar-refractivity contribution in [2.75, 3.05) is 20.1 Å². The van der Waals surface area contributed by atoms with E-state index in [2.05, 4.69) is 44.5 Å². The Labute approximate surface area is 130 Å². The summed E-state index contributed by atoms with van der Waals surface area (Å²) in [5.74, 6) is 5.70. The molecule has 1 heterocycles. The maximum atomic E-state index is 11.7. The largest absolute Gasteiger partial charge is 0.340 e. The number of amides is 1. The van der Waals surface area contributed by atoms with Crippen LogP contribution in [-0.4, -0.2) is 45.9 Å². The third-order valence-electron chi connectivity index (χ3n) is 2.94. The second-order valence-electron chi connectivity index (χ2n) is 4.97. The predicted molar refractivity (Wildman–Crippen MR) is 83.9 cm³/mol. The van der Waals surface area contributed by atoms with E-state index in [1.807, 2.05) is 25.2 Å². The van der Waals surface area contributed by atoms with Crippen molar-refractivity contribution >= 4 is 5.91 Å². The summed E-state index contributed by atoms with van der Waals surface area (Å²) in [5.41, 5.74) is 1.55. The van der Waals surface area contributed by atoms with Gasteiger partial charge in [-0.2, -0.15) is 0 Å². The highest BCUT2D eigenvalue weighted by Crippen LogP contribution is 2.01. The van der Waals surface area contributed by atoms with Gasteiger partial charge in [-0.1, -0.05) is 47.4 Å². The summed E-state index contributed by atoms with van der Waals surface area (Å²) in [6, 6.07) is 10.2. The molecule has 0 radical (unpaired) electrons. The molecule has 2 rings (SSSR count). The van der Waals surface area contributed by atoms with Crippen LogP contribution < -0.4 is 5.32 Å². The average Bonchev–Trinajstić information content (AvgIpc) is 2.94. The van der Waals surface area contributed by atoms with E-state index in [0.717, 1.165) is 6.54 Å². The highest BCUT2D eigenvalue weighted by Gasteiger charge is 2.07. The molecule has 0 atom stereocenters. The second kappa shape index (κ2) is 7.96. The van der Waals surface area contributed by atoms with Crippen LogP contribution in [0.2, 0.25) is 0 Å². The van der Waals surface area contributed by atoms with Gasteiger partial charge in [0.25, 0.3) is 5.91 Å². The lowest BCUT2D eigenvalue weighted by molar-refractivity contribution is 0.0953. The van der Waals surface area contributed by atoms with E-state index >= 15 is 0 Å². The lowest BCUT2D eigenvalue weighted by Crippen LogP contribution is -2.24. The SMILES string of the molecule is CN(CC#CCNC(=O)c1cn(C)nn1)Cc1ccccc1. The topological polar surface area (TPSA) is 63.1 Å². The normalized spacial score (nSPS) is 10.1. The molecule has 6 nitrogen and oxygen atoms in total. The molecule has 0 spiro atoms. The molecule has 114 valence electrons. The van der Waals surface area contributed by atoms with Crippen LogP contribution in [-0.2, 0) is 13.6 Å². The number of aryl methyl sites for hydroxylation is 1. The minimum absolute atomic E-state index is 0.264. The van der Waals surface area contributed by atoms with Crippen molar-refractivity contribution in [1.29, 1.82) is 0 Å². The zero-order valence-electron chi connectivity index (χ0n) is 12.8. The van der Waals surface area contributed by atoms with E-state index in [-0.39, 0.29) is 5.91 Å². The Morgan fingerprint density at radius 2 is 2.09 bits per heavy atom. The lowest BCUT2D eigenvalue weighted by Gasteiger charge is -2.12. The van der Waals surface area contributed by atoms with Gasteiger partial charge in [0.1, 0.15) is 0 Å². The smallest absolute Gasteiger partial charge is 0.274 e. The van der Waals surface area contributed by atoms with Gasteiger partial charge < -0.3 is 5.32 Å². The van der Waals surface area contributed by atoms with Gasteiger partial charge in [0.2, 0.25) is 0 Å². The molecule has 1 N–H and O–H groups in total. The number of aromatic nitrogens is 3. The maximum absolute atomic E-state index is 11.7. The van der Waals surface area contributed by atoms with Crippen molar-refractivity contribution in [1.82, 2.24) is 25.2 Å². The van der Waals surface area contributed by atoms with Crippen LogP contribution in [0.4, 0.5) is 0 Å². The fourth-order valence-electron chi connectivity index (χ4n) is 1.87. The summed E-state index contributed by atoms with van der Waals surface area (Å²) in [7, 11) is 3.73. The summed E-state index contributed by atoms with van der Waals surface area (Å²) >= 11 is 0. The van der Waals surface area contributed by atoms with Crippen molar-refractivity contribution < 1.29 is 4.79 Å². The van der Waals surface area contributed by atoms with Gasteiger partial charge in [-0.3, -0.25) is 14.4 Å². The summed E-state index contributed by atoms with van der Waals surface area (Å²) in [5, 5.41) is 10.1. The van der Waals surface area contributed by atoms with Crippen LogP contribution in [0, 0.1) is 11.8 Å². The molecule has 0 bridgehead atoms. The third-order valence-corrected chi connectivity index (χ3v) is 2.94. The van der Waals surface area contributed by atoms with Crippen molar-refractivity contribution in [3.8, 4) is 11.8 Å². The molecule has 0 aliphatic carbocycles. The Balaban J connectivity index is 1.69. The molecule has 0 saturated heterocycles. The molecule has 0 aliphatic heterocycles. The molecule has 2 aromatic rings. The molecular weight excluding hydrogens is 278 g/mol. The minimum Gasteiger partial charge on any atom is -0.340 e. The Morgan fingerprint density at radius 3 is 2.77 bits per heavy atom. The molecule has 6 heteroatoms.